The molecule has 2 aliphatic rings. The number of aromatic nitrogens is 4. The zero-order chi connectivity index (χ0) is 27.3. The summed E-state index contributed by atoms with van der Waals surface area (Å²) in [6.07, 6.45) is 2.29. The topological polar surface area (TPSA) is 129 Å². The normalized spacial score (nSPS) is 19.1. The Morgan fingerprint density at radius 1 is 1.24 bits per heavy atom. The standard InChI is InChI=1S/C25H33N5O6SSi/c1-17-11-18(13-26-12-17)23-27-28-24-29(37(32,33)14-21(31)25(2)15-35-16-25)9-10-38(4,5)36-20-8-6-7-19(34-3)22(20)30(23)24/h6-8,11-13,21,31H,9-10,14-16H2,1-5H3/t21-/m1/s1. The Bertz CT molecular complexity index is 1460. The average Bonchev–Trinajstić information content (AvgIpc) is 3.26. The van der Waals surface area contributed by atoms with Crippen molar-refractivity contribution in [1.29, 1.82) is 0 Å². The predicted molar refractivity (Wildman–Crippen MR) is 145 cm³/mol. The van der Waals surface area contributed by atoms with Gasteiger partial charge in [-0.15, -0.1) is 10.2 Å². The van der Waals surface area contributed by atoms with E-state index in [2.05, 4.69) is 15.2 Å². The van der Waals surface area contributed by atoms with Crippen LogP contribution < -0.4 is 13.5 Å². The molecular weight excluding hydrogens is 526 g/mol. The van der Waals surface area contributed by atoms with Gasteiger partial charge in [0.25, 0.3) is 0 Å². The number of hydrogen-bond donors (Lipinski definition) is 1. The summed E-state index contributed by atoms with van der Waals surface area (Å²) in [5.41, 5.74) is 1.46. The molecule has 5 rings (SSSR count). The van der Waals surface area contributed by atoms with E-state index in [1.54, 1.807) is 30.1 Å². The molecule has 1 saturated heterocycles. The van der Waals surface area contributed by atoms with Crippen molar-refractivity contribution in [2.45, 2.75) is 39.1 Å². The first-order valence-electron chi connectivity index (χ1n) is 12.4. The zero-order valence-corrected chi connectivity index (χ0v) is 24.0. The molecule has 2 aromatic heterocycles. The molecule has 13 heteroatoms. The third-order valence-corrected chi connectivity index (χ3v) is 11.0. The van der Waals surface area contributed by atoms with Crippen LogP contribution in [0.3, 0.4) is 0 Å². The van der Waals surface area contributed by atoms with Crippen molar-refractivity contribution in [3.63, 3.8) is 0 Å². The minimum absolute atomic E-state index is 0.102. The SMILES string of the molecule is COc1cccc2c1-n1c(-c3cncc(C)c3)nnc1N(S(=O)(=O)C[C@@H](O)C1(C)COC1)CC[Si](C)(C)O2. The Hall–Kier alpha value is -3.00. The van der Waals surface area contributed by atoms with E-state index in [4.69, 9.17) is 13.9 Å². The molecule has 11 nitrogen and oxygen atoms in total. The molecule has 0 bridgehead atoms. The van der Waals surface area contributed by atoms with Crippen molar-refractivity contribution < 1.29 is 27.4 Å². The number of aryl methyl sites for hydroxylation is 1. The number of aliphatic hydroxyl groups excluding tert-OH is 1. The fourth-order valence-corrected chi connectivity index (χ4v) is 8.17. The number of hydrogen-bond acceptors (Lipinski definition) is 9. The fraction of sp³-hybridized carbons (Fsp3) is 0.480. The molecule has 0 saturated carbocycles. The van der Waals surface area contributed by atoms with Crippen LogP contribution in [0.5, 0.6) is 11.5 Å². The molecule has 0 aliphatic carbocycles. The van der Waals surface area contributed by atoms with Crippen LogP contribution in [0.25, 0.3) is 17.1 Å². The number of sulfonamides is 1. The van der Waals surface area contributed by atoms with Crippen molar-refractivity contribution in [3.8, 4) is 28.6 Å². The maximum absolute atomic E-state index is 14.0. The highest BCUT2D eigenvalue weighted by atomic mass is 32.2. The van der Waals surface area contributed by atoms with Gasteiger partial charge in [-0.05, 0) is 49.8 Å². The van der Waals surface area contributed by atoms with E-state index >= 15 is 0 Å². The average molecular weight is 560 g/mol. The first kappa shape index (κ1) is 26.6. The molecule has 0 spiro atoms. The summed E-state index contributed by atoms with van der Waals surface area (Å²) in [4.78, 5) is 4.31. The Labute approximate surface area is 223 Å². The lowest BCUT2D eigenvalue weighted by molar-refractivity contribution is -0.154. The second kappa shape index (κ2) is 9.63. The maximum atomic E-state index is 14.0. The minimum atomic E-state index is -4.05. The summed E-state index contributed by atoms with van der Waals surface area (Å²) in [6.45, 7) is 8.57. The van der Waals surface area contributed by atoms with Gasteiger partial charge in [-0.1, -0.05) is 13.0 Å². The van der Waals surface area contributed by atoms with Gasteiger partial charge in [0.2, 0.25) is 24.3 Å². The van der Waals surface area contributed by atoms with Gasteiger partial charge in [-0.3, -0.25) is 9.55 Å². The van der Waals surface area contributed by atoms with Gasteiger partial charge in [0.1, 0.15) is 17.2 Å². The first-order chi connectivity index (χ1) is 17.9. The molecule has 1 atom stereocenters. The predicted octanol–water partition coefficient (Wildman–Crippen LogP) is 2.78. The second-order valence-corrected chi connectivity index (χ2v) is 17.0. The fourth-order valence-electron chi connectivity index (χ4n) is 4.67. The number of methoxy groups -OCH3 is 1. The van der Waals surface area contributed by atoms with E-state index in [1.807, 2.05) is 45.1 Å². The van der Waals surface area contributed by atoms with Crippen molar-refractivity contribution in [1.82, 2.24) is 19.7 Å². The molecular formula is C25H33N5O6SSi. The molecule has 38 heavy (non-hydrogen) atoms. The highest BCUT2D eigenvalue weighted by Crippen LogP contribution is 2.42. The van der Waals surface area contributed by atoms with Crippen LogP contribution in [0.15, 0.2) is 36.7 Å². The number of rotatable bonds is 6. The number of pyridine rings is 1. The molecule has 2 aliphatic heterocycles. The Kier molecular flexibility index (Phi) is 6.74. The smallest absolute Gasteiger partial charge is 0.247 e. The molecule has 0 amide bonds. The lowest BCUT2D eigenvalue weighted by Crippen LogP contribution is -2.53. The van der Waals surface area contributed by atoms with E-state index < -0.39 is 35.6 Å². The molecule has 1 fully saturated rings. The highest BCUT2D eigenvalue weighted by molar-refractivity contribution is 7.92. The van der Waals surface area contributed by atoms with Gasteiger partial charge in [-0.2, -0.15) is 0 Å². The van der Waals surface area contributed by atoms with Gasteiger partial charge in [0.15, 0.2) is 5.82 Å². The number of nitrogens with zero attached hydrogens (tertiary/aromatic N) is 5. The summed E-state index contributed by atoms with van der Waals surface area (Å²) in [5.74, 6) is 1.07. The van der Waals surface area contributed by atoms with Crippen molar-refractivity contribution in [2.24, 2.45) is 5.41 Å². The summed E-state index contributed by atoms with van der Waals surface area (Å²) in [7, 11) is -4.92. The zero-order valence-electron chi connectivity index (χ0n) is 22.2. The van der Waals surface area contributed by atoms with Crippen LogP contribution in [-0.4, -0.2) is 80.3 Å². The van der Waals surface area contributed by atoms with E-state index in [0.29, 0.717) is 47.8 Å². The number of fused-ring (bicyclic) bond motifs is 3. The largest absolute Gasteiger partial charge is 0.542 e. The van der Waals surface area contributed by atoms with Crippen LogP contribution >= 0.6 is 0 Å². The Morgan fingerprint density at radius 2 is 2.00 bits per heavy atom. The highest BCUT2D eigenvalue weighted by Gasteiger charge is 2.45. The summed E-state index contributed by atoms with van der Waals surface area (Å²) in [6, 6.07) is 7.88. The van der Waals surface area contributed by atoms with Crippen LogP contribution in [0.1, 0.15) is 12.5 Å². The minimum Gasteiger partial charge on any atom is -0.542 e. The van der Waals surface area contributed by atoms with Crippen molar-refractivity contribution in [3.05, 3.63) is 42.2 Å². The molecule has 0 radical (unpaired) electrons. The number of benzene rings is 1. The molecule has 1 aromatic carbocycles. The number of ether oxygens (including phenoxy) is 2. The van der Waals surface area contributed by atoms with Gasteiger partial charge in [0.05, 0.1) is 32.2 Å². The monoisotopic (exact) mass is 559 g/mol. The van der Waals surface area contributed by atoms with Gasteiger partial charge >= 0.3 is 0 Å². The van der Waals surface area contributed by atoms with E-state index in [-0.39, 0.29) is 12.5 Å². The Balaban J connectivity index is 1.74. The summed E-state index contributed by atoms with van der Waals surface area (Å²) in [5, 5.41) is 19.8. The van der Waals surface area contributed by atoms with Gasteiger partial charge in [-0.25, -0.2) is 12.7 Å². The summed E-state index contributed by atoms with van der Waals surface area (Å²) < 4.78 is 48.5. The van der Waals surface area contributed by atoms with Crippen LogP contribution in [0.4, 0.5) is 5.95 Å². The second-order valence-electron chi connectivity index (χ2n) is 10.8. The summed E-state index contributed by atoms with van der Waals surface area (Å²) >= 11 is 0. The Morgan fingerprint density at radius 3 is 2.66 bits per heavy atom. The molecule has 1 N–H and O–H groups in total. The molecule has 4 heterocycles. The van der Waals surface area contributed by atoms with Crippen molar-refractivity contribution in [2.75, 3.05) is 36.9 Å². The van der Waals surface area contributed by atoms with E-state index in [0.717, 1.165) is 5.56 Å². The van der Waals surface area contributed by atoms with Gasteiger partial charge in [0, 0.05) is 29.9 Å². The lowest BCUT2D eigenvalue weighted by atomic mass is 9.83. The maximum Gasteiger partial charge on any atom is 0.247 e. The molecule has 3 aromatic rings. The molecule has 0 unspecified atom stereocenters. The van der Waals surface area contributed by atoms with Gasteiger partial charge < -0.3 is 19.0 Å². The van der Waals surface area contributed by atoms with Crippen LogP contribution in [0.2, 0.25) is 19.1 Å². The van der Waals surface area contributed by atoms with E-state index in [9.17, 15) is 13.5 Å². The van der Waals surface area contributed by atoms with Crippen LogP contribution in [-0.2, 0) is 14.8 Å². The quantitative estimate of drug-likeness (QED) is 0.453. The molecule has 204 valence electrons. The third-order valence-electron chi connectivity index (χ3n) is 7.08. The lowest BCUT2D eigenvalue weighted by Gasteiger charge is -2.42. The number of para-hydroxylation sites is 1. The van der Waals surface area contributed by atoms with Crippen LogP contribution in [0, 0.1) is 12.3 Å². The van der Waals surface area contributed by atoms with E-state index in [1.165, 1.54) is 4.31 Å². The third kappa shape index (κ3) is 4.79. The van der Waals surface area contributed by atoms with Crippen molar-refractivity contribution >= 4 is 24.3 Å². The number of aliphatic hydroxyl groups is 1. The first-order valence-corrected chi connectivity index (χ1v) is 17.2. The number of anilines is 1.